The number of para-hydroxylation sites is 2. The topological polar surface area (TPSA) is 52.0 Å². The molecule has 0 saturated heterocycles. The summed E-state index contributed by atoms with van der Waals surface area (Å²) in [5.74, 6) is -0.265. The predicted octanol–water partition coefficient (Wildman–Crippen LogP) is 3.76. The molecule has 1 unspecified atom stereocenters. The van der Waals surface area contributed by atoms with Crippen LogP contribution in [0.25, 0.3) is 11.1 Å². The van der Waals surface area contributed by atoms with E-state index in [2.05, 4.69) is 4.98 Å². The van der Waals surface area contributed by atoms with Crippen molar-refractivity contribution in [3.8, 4) is 0 Å². The Morgan fingerprint density at radius 1 is 1.20 bits per heavy atom. The summed E-state index contributed by atoms with van der Waals surface area (Å²) in [6.45, 7) is 0.382. The van der Waals surface area contributed by atoms with Gasteiger partial charge in [-0.3, -0.25) is 0 Å². The van der Waals surface area contributed by atoms with Crippen LogP contribution < -0.4 is 5.73 Å². The van der Waals surface area contributed by atoms with Crippen molar-refractivity contribution in [2.45, 2.75) is 10.5 Å². The van der Waals surface area contributed by atoms with Crippen molar-refractivity contribution in [3.05, 3.63) is 59.9 Å². The molecule has 0 aliphatic carbocycles. The maximum Gasteiger partial charge on any atom is 0.257 e. The molecule has 1 aromatic heterocycles. The van der Waals surface area contributed by atoms with E-state index >= 15 is 0 Å². The molecule has 1 atom stereocenters. The minimum atomic E-state index is -0.265. The number of benzene rings is 2. The molecule has 0 bridgehead atoms. The number of nitrogens with zero attached hydrogens (tertiary/aromatic N) is 1. The molecule has 3 aromatic rings. The average molecular weight is 288 g/mol. The van der Waals surface area contributed by atoms with Gasteiger partial charge in [0.2, 0.25) is 0 Å². The van der Waals surface area contributed by atoms with Crippen LogP contribution >= 0.6 is 11.8 Å². The maximum atomic E-state index is 13.3. The van der Waals surface area contributed by atoms with Crippen molar-refractivity contribution in [1.82, 2.24) is 4.98 Å². The van der Waals surface area contributed by atoms with Gasteiger partial charge in [0.05, 0.1) is 5.25 Å². The standard InChI is InChI=1S/C15H13FN2OS/c16-11-5-3-4-10(8-11)14(9-17)20-15-18-12-6-1-2-7-13(12)19-15/h1-8,14H,9,17H2. The van der Waals surface area contributed by atoms with Gasteiger partial charge in [0.1, 0.15) is 11.3 Å². The first-order valence-electron chi connectivity index (χ1n) is 6.24. The molecule has 0 fully saturated rings. The molecular weight excluding hydrogens is 275 g/mol. The van der Waals surface area contributed by atoms with Crippen LogP contribution in [0.4, 0.5) is 4.39 Å². The average Bonchev–Trinajstić information content (AvgIpc) is 2.87. The van der Waals surface area contributed by atoms with E-state index in [1.807, 2.05) is 30.3 Å². The molecule has 2 N–H and O–H groups in total. The Kier molecular flexibility index (Phi) is 3.71. The number of thioether (sulfide) groups is 1. The Morgan fingerprint density at radius 2 is 2.05 bits per heavy atom. The van der Waals surface area contributed by atoms with Crippen molar-refractivity contribution in [3.63, 3.8) is 0 Å². The Balaban J connectivity index is 1.87. The molecule has 20 heavy (non-hydrogen) atoms. The number of rotatable bonds is 4. The molecule has 0 amide bonds. The molecule has 0 saturated carbocycles. The van der Waals surface area contributed by atoms with E-state index in [4.69, 9.17) is 10.2 Å². The highest BCUT2D eigenvalue weighted by Gasteiger charge is 2.16. The first-order chi connectivity index (χ1) is 9.76. The molecule has 1 heterocycles. The Hall–Kier alpha value is -1.85. The Morgan fingerprint density at radius 3 is 2.80 bits per heavy atom. The van der Waals surface area contributed by atoms with Crippen LogP contribution in [0.15, 0.2) is 58.2 Å². The number of hydrogen-bond donors (Lipinski definition) is 1. The lowest BCUT2D eigenvalue weighted by Crippen LogP contribution is -2.09. The van der Waals surface area contributed by atoms with Crippen molar-refractivity contribution < 1.29 is 8.81 Å². The highest BCUT2D eigenvalue weighted by Crippen LogP contribution is 2.35. The summed E-state index contributed by atoms with van der Waals surface area (Å²) in [5, 5.41) is 0.463. The Bertz CT molecular complexity index is 695. The minimum absolute atomic E-state index is 0.0845. The van der Waals surface area contributed by atoms with Crippen LogP contribution in [0, 0.1) is 5.82 Å². The largest absolute Gasteiger partial charge is 0.431 e. The van der Waals surface area contributed by atoms with Gasteiger partial charge < -0.3 is 10.2 Å². The van der Waals surface area contributed by atoms with E-state index in [0.29, 0.717) is 11.8 Å². The molecular formula is C15H13FN2OS. The number of aromatic nitrogens is 1. The fourth-order valence-corrected chi connectivity index (χ4v) is 2.89. The molecule has 3 rings (SSSR count). The zero-order valence-corrected chi connectivity index (χ0v) is 11.4. The second-order valence-electron chi connectivity index (χ2n) is 4.34. The summed E-state index contributed by atoms with van der Waals surface area (Å²) >= 11 is 1.41. The molecule has 102 valence electrons. The van der Waals surface area contributed by atoms with Gasteiger partial charge in [-0.2, -0.15) is 0 Å². The quantitative estimate of drug-likeness (QED) is 0.743. The summed E-state index contributed by atoms with van der Waals surface area (Å²) in [6, 6.07) is 14.0. The van der Waals surface area contributed by atoms with E-state index < -0.39 is 0 Å². The molecule has 5 heteroatoms. The monoisotopic (exact) mass is 288 g/mol. The van der Waals surface area contributed by atoms with E-state index in [0.717, 1.165) is 16.7 Å². The van der Waals surface area contributed by atoms with Gasteiger partial charge in [0, 0.05) is 6.54 Å². The lowest BCUT2D eigenvalue weighted by Gasteiger charge is -2.12. The van der Waals surface area contributed by atoms with Gasteiger partial charge in [-0.15, -0.1) is 0 Å². The van der Waals surface area contributed by atoms with E-state index in [1.54, 1.807) is 6.07 Å². The van der Waals surface area contributed by atoms with Crippen LogP contribution in [0.3, 0.4) is 0 Å². The van der Waals surface area contributed by atoms with Gasteiger partial charge in [-0.25, -0.2) is 9.37 Å². The first kappa shape index (κ1) is 13.1. The SMILES string of the molecule is NCC(Sc1nc2ccccc2o1)c1cccc(F)c1. The molecule has 0 spiro atoms. The third kappa shape index (κ3) is 2.69. The number of hydrogen-bond acceptors (Lipinski definition) is 4. The van der Waals surface area contributed by atoms with Gasteiger partial charge >= 0.3 is 0 Å². The molecule has 0 aliphatic rings. The maximum absolute atomic E-state index is 13.3. The van der Waals surface area contributed by atoms with Gasteiger partial charge in [0.25, 0.3) is 5.22 Å². The first-order valence-corrected chi connectivity index (χ1v) is 7.12. The molecule has 0 aliphatic heterocycles. The van der Waals surface area contributed by atoms with Crippen LogP contribution in [0.5, 0.6) is 0 Å². The van der Waals surface area contributed by atoms with E-state index in [1.165, 1.54) is 23.9 Å². The minimum Gasteiger partial charge on any atom is -0.431 e. The number of halogens is 1. The van der Waals surface area contributed by atoms with Gasteiger partial charge in [0.15, 0.2) is 5.58 Å². The Labute approximate surface area is 120 Å². The highest BCUT2D eigenvalue weighted by atomic mass is 32.2. The summed E-state index contributed by atoms with van der Waals surface area (Å²) in [5.41, 5.74) is 8.17. The number of nitrogens with two attached hydrogens (primary N) is 1. The second kappa shape index (κ2) is 5.64. The van der Waals surface area contributed by atoms with Gasteiger partial charge in [-0.1, -0.05) is 36.0 Å². The van der Waals surface area contributed by atoms with E-state index in [-0.39, 0.29) is 11.1 Å². The fourth-order valence-electron chi connectivity index (χ4n) is 1.98. The van der Waals surface area contributed by atoms with E-state index in [9.17, 15) is 4.39 Å². The lowest BCUT2D eigenvalue weighted by molar-refractivity contribution is 0.488. The zero-order valence-electron chi connectivity index (χ0n) is 10.6. The van der Waals surface area contributed by atoms with Crippen LogP contribution in [-0.2, 0) is 0 Å². The summed E-state index contributed by atoms with van der Waals surface area (Å²) in [7, 11) is 0. The van der Waals surface area contributed by atoms with Crippen molar-refractivity contribution in [2.75, 3.05) is 6.54 Å². The van der Waals surface area contributed by atoms with Gasteiger partial charge in [-0.05, 0) is 29.8 Å². The number of fused-ring (bicyclic) bond motifs is 1. The van der Waals surface area contributed by atoms with Crippen molar-refractivity contribution >= 4 is 22.9 Å². The normalized spacial score (nSPS) is 12.7. The summed E-state index contributed by atoms with van der Waals surface area (Å²) < 4.78 is 18.9. The van der Waals surface area contributed by atoms with Crippen molar-refractivity contribution in [1.29, 1.82) is 0 Å². The zero-order chi connectivity index (χ0) is 13.9. The van der Waals surface area contributed by atoms with Crippen LogP contribution in [0.1, 0.15) is 10.8 Å². The fraction of sp³-hybridized carbons (Fsp3) is 0.133. The van der Waals surface area contributed by atoms with Crippen LogP contribution in [0.2, 0.25) is 0 Å². The third-order valence-electron chi connectivity index (χ3n) is 2.95. The smallest absolute Gasteiger partial charge is 0.257 e. The summed E-state index contributed by atoms with van der Waals surface area (Å²) in [6.07, 6.45) is 0. The molecule has 2 aromatic carbocycles. The highest BCUT2D eigenvalue weighted by molar-refractivity contribution is 7.99. The second-order valence-corrected chi connectivity index (χ2v) is 5.50. The lowest BCUT2D eigenvalue weighted by atomic mass is 10.1. The molecule has 0 radical (unpaired) electrons. The van der Waals surface area contributed by atoms with Crippen LogP contribution in [-0.4, -0.2) is 11.5 Å². The summed E-state index contributed by atoms with van der Waals surface area (Å²) in [4.78, 5) is 4.40. The third-order valence-corrected chi connectivity index (χ3v) is 4.08. The molecule has 3 nitrogen and oxygen atoms in total. The predicted molar refractivity (Wildman–Crippen MR) is 78.1 cm³/mol. The van der Waals surface area contributed by atoms with Crippen molar-refractivity contribution in [2.24, 2.45) is 5.73 Å². The number of oxazole rings is 1.